The van der Waals surface area contributed by atoms with Crippen LogP contribution in [0, 0.1) is 11.6 Å². The van der Waals surface area contributed by atoms with E-state index < -0.39 is 17.7 Å². The molecule has 0 bridgehead atoms. The number of hydrogen-bond acceptors (Lipinski definition) is 1. The molecule has 0 saturated carbocycles. The van der Waals surface area contributed by atoms with Crippen molar-refractivity contribution < 1.29 is 8.78 Å². The Hall–Kier alpha value is -0.680. The summed E-state index contributed by atoms with van der Waals surface area (Å²) in [5.41, 5.74) is 6.30. The minimum absolute atomic E-state index is 0.147. The number of hydrogen-bond donors (Lipinski definition) is 1. The summed E-state index contributed by atoms with van der Waals surface area (Å²) in [4.78, 5) is 0. The van der Waals surface area contributed by atoms with E-state index in [0.717, 1.165) is 0 Å². The molecule has 0 spiro atoms. The Kier molecular flexibility index (Phi) is 5.02. The summed E-state index contributed by atoms with van der Waals surface area (Å²) in [6.45, 7) is 0. The first-order chi connectivity index (χ1) is 9.40. The van der Waals surface area contributed by atoms with Crippen molar-refractivity contribution in [2.24, 2.45) is 5.73 Å². The molecular formula is C14H10BrCl2F2N. The van der Waals surface area contributed by atoms with E-state index in [4.69, 9.17) is 28.9 Å². The molecule has 106 valence electrons. The molecule has 0 heterocycles. The molecule has 0 aliphatic rings. The Morgan fingerprint density at radius 1 is 1.10 bits per heavy atom. The molecule has 0 amide bonds. The number of benzene rings is 2. The highest BCUT2D eigenvalue weighted by Gasteiger charge is 2.20. The van der Waals surface area contributed by atoms with E-state index in [1.54, 1.807) is 18.2 Å². The van der Waals surface area contributed by atoms with Gasteiger partial charge in [0.25, 0.3) is 0 Å². The highest BCUT2D eigenvalue weighted by molar-refractivity contribution is 9.10. The predicted octanol–water partition coefficient (Wildman–Crippen LogP) is 5.28. The van der Waals surface area contributed by atoms with Gasteiger partial charge in [0.2, 0.25) is 0 Å². The van der Waals surface area contributed by atoms with Gasteiger partial charge in [-0.2, -0.15) is 0 Å². The SMILES string of the molecule is NC(Cc1c(Cl)cccc1Cl)c1c(F)cc(Br)cc1F. The van der Waals surface area contributed by atoms with Crippen LogP contribution in [0.1, 0.15) is 17.2 Å². The molecule has 1 atom stereocenters. The van der Waals surface area contributed by atoms with Crippen molar-refractivity contribution >= 4 is 39.1 Å². The Labute approximate surface area is 133 Å². The van der Waals surface area contributed by atoms with Crippen molar-refractivity contribution in [1.82, 2.24) is 0 Å². The van der Waals surface area contributed by atoms with Gasteiger partial charge in [-0.25, -0.2) is 8.78 Å². The molecule has 0 aromatic heterocycles. The average Bonchev–Trinajstić information content (AvgIpc) is 2.32. The van der Waals surface area contributed by atoms with Crippen LogP contribution in [0.15, 0.2) is 34.8 Å². The van der Waals surface area contributed by atoms with Gasteiger partial charge in [-0.05, 0) is 36.2 Å². The van der Waals surface area contributed by atoms with Crippen LogP contribution in [0.3, 0.4) is 0 Å². The van der Waals surface area contributed by atoms with Crippen LogP contribution in [0.4, 0.5) is 8.78 Å². The standard InChI is InChI=1S/C14H10BrCl2F2N/c15-7-4-11(18)14(12(19)5-7)13(20)6-8-9(16)2-1-3-10(8)17/h1-5,13H,6,20H2. The fraction of sp³-hybridized carbons (Fsp3) is 0.143. The van der Waals surface area contributed by atoms with E-state index in [2.05, 4.69) is 15.9 Å². The Bertz CT molecular complexity index is 606. The van der Waals surface area contributed by atoms with Gasteiger partial charge >= 0.3 is 0 Å². The molecule has 0 saturated heterocycles. The topological polar surface area (TPSA) is 26.0 Å². The van der Waals surface area contributed by atoms with Crippen LogP contribution in [0.2, 0.25) is 10.0 Å². The van der Waals surface area contributed by atoms with Crippen LogP contribution in [-0.4, -0.2) is 0 Å². The Balaban J connectivity index is 2.36. The van der Waals surface area contributed by atoms with E-state index >= 15 is 0 Å². The first-order valence-electron chi connectivity index (χ1n) is 5.73. The van der Waals surface area contributed by atoms with Gasteiger partial charge < -0.3 is 5.73 Å². The van der Waals surface area contributed by atoms with Crippen molar-refractivity contribution in [2.45, 2.75) is 12.5 Å². The molecule has 2 aromatic carbocycles. The Morgan fingerprint density at radius 2 is 1.60 bits per heavy atom. The van der Waals surface area contributed by atoms with Gasteiger partial charge in [0, 0.05) is 26.1 Å². The van der Waals surface area contributed by atoms with Gasteiger partial charge in [0.15, 0.2) is 0 Å². The molecule has 2 aromatic rings. The van der Waals surface area contributed by atoms with E-state index in [0.29, 0.717) is 20.1 Å². The number of halogens is 5. The third-order valence-electron chi connectivity index (χ3n) is 2.90. The van der Waals surface area contributed by atoms with Crippen molar-refractivity contribution in [3.05, 3.63) is 67.6 Å². The fourth-order valence-electron chi connectivity index (χ4n) is 1.96. The predicted molar refractivity (Wildman–Crippen MR) is 81.2 cm³/mol. The molecule has 2 rings (SSSR count). The Morgan fingerprint density at radius 3 is 2.10 bits per heavy atom. The van der Waals surface area contributed by atoms with E-state index in [1.807, 2.05) is 0 Å². The van der Waals surface area contributed by atoms with Crippen LogP contribution in [-0.2, 0) is 6.42 Å². The van der Waals surface area contributed by atoms with Crippen molar-refractivity contribution in [1.29, 1.82) is 0 Å². The second-order valence-electron chi connectivity index (χ2n) is 4.29. The number of nitrogens with two attached hydrogens (primary N) is 1. The van der Waals surface area contributed by atoms with E-state index in [-0.39, 0.29) is 12.0 Å². The third kappa shape index (κ3) is 3.31. The van der Waals surface area contributed by atoms with Crippen molar-refractivity contribution in [3.63, 3.8) is 0 Å². The molecule has 0 fully saturated rings. The summed E-state index contributed by atoms with van der Waals surface area (Å²) < 4.78 is 28.0. The summed E-state index contributed by atoms with van der Waals surface area (Å²) in [6, 6.07) is 6.48. The lowest BCUT2D eigenvalue weighted by molar-refractivity contribution is 0.523. The van der Waals surface area contributed by atoms with Crippen LogP contribution >= 0.6 is 39.1 Å². The highest BCUT2D eigenvalue weighted by atomic mass is 79.9. The molecule has 0 radical (unpaired) electrons. The monoisotopic (exact) mass is 379 g/mol. The zero-order chi connectivity index (χ0) is 14.9. The molecule has 6 heteroatoms. The summed E-state index contributed by atoms with van der Waals surface area (Å²) >= 11 is 15.1. The largest absolute Gasteiger partial charge is 0.323 e. The zero-order valence-electron chi connectivity index (χ0n) is 10.1. The summed E-state index contributed by atoms with van der Waals surface area (Å²) in [7, 11) is 0. The van der Waals surface area contributed by atoms with Crippen LogP contribution in [0.25, 0.3) is 0 Å². The second kappa shape index (κ2) is 6.39. The van der Waals surface area contributed by atoms with Gasteiger partial charge in [-0.15, -0.1) is 0 Å². The van der Waals surface area contributed by atoms with E-state index in [1.165, 1.54) is 12.1 Å². The molecule has 0 aliphatic carbocycles. The maximum Gasteiger partial charge on any atom is 0.132 e. The maximum atomic E-state index is 13.8. The molecule has 2 N–H and O–H groups in total. The van der Waals surface area contributed by atoms with Gasteiger partial charge in [0.1, 0.15) is 11.6 Å². The van der Waals surface area contributed by atoms with Crippen molar-refractivity contribution in [2.75, 3.05) is 0 Å². The molecular weight excluding hydrogens is 371 g/mol. The highest BCUT2D eigenvalue weighted by Crippen LogP contribution is 2.31. The summed E-state index contributed by atoms with van der Waals surface area (Å²) in [5.74, 6) is -1.40. The lowest BCUT2D eigenvalue weighted by Gasteiger charge is -2.16. The first-order valence-corrected chi connectivity index (χ1v) is 7.28. The van der Waals surface area contributed by atoms with Gasteiger partial charge in [-0.1, -0.05) is 45.2 Å². The summed E-state index contributed by atoms with van der Waals surface area (Å²) in [5, 5.41) is 0.844. The minimum atomic E-state index is -0.875. The quantitative estimate of drug-likeness (QED) is 0.770. The van der Waals surface area contributed by atoms with Crippen molar-refractivity contribution in [3.8, 4) is 0 Å². The third-order valence-corrected chi connectivity index (χ3v) is 4.07. The zero-order valence-corrected chi connectivity index (χ0v) is 13.2. The first kappa shape index (κ1) is 15.7. The lowest BCUT2D eigenvalue weighted by atomic mass is 9.98. The minimum Gasteiger partial charge on any atom is -0.323 e. The second-order valence-corrected chi connectivity index (χ2v) is 6.02. The molecule has 1 nitrogen and oxygen atoms in total. The van der Waals surface area contributed by atoms with Gasteiger partial charge in [-0.3, -0.25) is 0 Å². The lowest BCUT2D eigenvalue weighted by Crippen LogP contribution is -2.17. The fourth-order valence-corrected chi connectivity index (χ4v) is 2.91. The number of rotatable bonds is 3. The smallest absolute Gasteiger partial charge is 0.132 e. The molecule has 1 unspecified atom stereocenters. The molecule has 20 heavy (non-hydrogen) atoms. The normalized spacial score (nSPS) is 12.5. The van der Waals surface area contributed by atoms with Crippen LogP contribution in [0.5, 0.6) is 0 Å². The maximum absolute atomic E-state index is 13.8. The van der Waals surface area contributed by atoms with E-state index in [9.17, 15) is 8.78 Å². The van der Waals surface area contributed by atoms with Crippen LogP contribution < -0.4 is 5.73 Å². The summed E-state index contributed by atoms with van der Waals surface area (Å²) in [6.07, 6.45) is 0.147. The molecule has 0 aliphatic heterocycles. The van der Waals surface area contributed by atoms with Gasteiger partial charge in [0.05, 0.1) is 0 Å². The average molecular weight is 381 g/mol.